The molecule has 2 N–H and O–H groups in total. The molecule has 0 radical (unpaired) electrons. The van der Waals surface area contributed by atoms with Gasteiger partial charge in [0.05, 0.1) is 5.69 Å². The number of rotatable bonds is 3. The Morgan fingerprint density at radius 3 is 2.93 bits per heavy atom. The zero-order valence-electron chi connectivity index (χ0n) is 9.03. The van der Waals surface area contributed by atoms with Crippen molar-refractivity contribution in [3.8, 4) is 11.3 Å². The summed E-state index contributed by atoms with van der Waals surface area (Å²) in [7, 11) is 1.98. The summed E-state index contributed by atoms with van der Waals surface area (Å²) in [6, 6.07) is 2.01. The number of nitrogens with two attached hydrogens (primary N) is 1. The average Bonchev–Trinajstić information content (AvgIpc) is 2.76. The highest BCUT2D eigenvalue weighted by Crippen LogP contribution is 2.26. The molecule has 15 heavy (non-hydrogen) atoms. The Bertz CT molecular complexity index is 456. The van der Waals surface area contributed by atoms with E-state index in [0.717, 1.165) is 29.0 Å². The van der Waals surface area contributed by atoms with Crippen LogP contribution in [0.3, 0.4) is 0 Å². The van der Waals surface area contributed by atoms with Gasteiger partial charge >= 0.3 is 0 Å². The van der Waals surface area contributed by atoms with Crippen LogP contribution < -0.4 is 5.73 Å². The third-order valence-corrected chi connectivity index (χ3v) is 2.47. The third kappa shape index (κ3) is 1.80. The molecule has 4 nitrogen and oxygen atoms in total. The molecule has 0 saturated heterocycles. The monoisotopic (exact) mass is 205 g/mol. The molecule has 0 amide bonds. The van der Waals surface area contributed by atoms with Crippen LogP contribution in [-0.2, 0) is 13.5 Å². The van der Waals surface area contributed by atoms with Gasteiger partial charge in [-0.15, -0.1) is 0 Å². The van der Waals surface area contributed by atoms with Crippen LogP contribution in [0.2, 0.25) is 0 Å². The molecule has 0 aromatic carbocycles. The predicted molar refractivity (Wildman–Crippen MR) is 58.4 cm³/mol. The molecule has 2 heterocycles. The van der Waals surface area contributed by atoms with Gasteiger partial charge in [-0.05, 0) is 26.0 Å². The fourth-order valence-electron chi connectivity index (χ4n) is 1.69. The number of aryl methyl sites for hydroxylation is 2. The Morgan fingerprint density at radius 2 is 2.33 bits per heavy atom. The van der Waals surface area contributed by atoms with Gasteiger partial charge in [-0.2, -0.15) is 0 Å². The van der Waals surface area contributed by atoms with Gasteiger partial charge in [-0.1, -0.05) is 5.16 Å². The van der Waals surface area contributed by atoms with Crippen LogP contribution in [0.15, 0.2) is 23.0 Å². The van der Waals surface area contributed by atoms with Crippen LogP contribution in [0.25, 0.3) is 11.3 Å². The summed E-state index contributed by atoms with van der Waals surface area (Å²) >= 11 is 0. The first kappa shape index (κ1) is 9.98. The van der Waals surface area contributed by atoms with Crippen molar-refractivity contribution in [2.24, 2.45) is 12.8 Å². The highest BCUT2D eigenvalue weighted by atomic mass is 16.5. The van der Waals surface area contributed by atoms with E-state index in [4.69, 9.17) is 10.3 Å². The summed E-state index contributed by atoms with van der Waals surface area (Å²) in [5.41, 5.74) is 8.67. The minimum absolute atomic E-state index is 0.613. The highest BCUT2D eigenvalue weighted by Gasteiger charge is 2.14. The normalized spacial score (nSPS) is 10.9. The number of nitrogens with zero attached hydrogens (tertiary/aromatic N) is 2. The molecule has 0 saturated carbocycles. The Labute approximate surface area is 88.7 Å². The SMILES string of the molecule is Cc1noc(-c2ccn(C)c2)c1CCN. The van der Waals surface area contributed by atoms with Gasteiger partial charge in [-0.25, -0.2) is 0 Å². The topological polar surface area (TPSA) is 57.0 Å². The van der Waals surface area contributed by atoms with Gasteiger partial charge in [0.25, 0.3) is 0 Å². The Balaban J connectivity index is 2.43. The maximum Gasteiger partial charge on any atom is 0.171 e. The summed E-state index contributed by atoms with van der Waals surface area (Å²) < 4.78 is 7.31. The van der Waals surface area contributed by atoms with E-state index in [1.807, 2.05) is 37.0 Å². The van der Waals surface area contributed by atoms with E-state index < -0.39 is 0 Å². The van der Waals surface area contributed by atoms with Gasteiger partial charge in [0.1, 0.15) is 0 Å². The van der Waals surface area contributed by atoms with Crippen molar-refractivity contribution < 1.29 is 4.52 Å². The van der Waals surface area contributed by atoms with Crippen LogP contribution in [-0.4, -0.2) is 16.3 Å². The molecule has 80 valence electrons. The quantitative estimate of drug-likeness (QED) is 0.825. The second kappa shape index (κ2) is 3.90. The van der Waals surface area contributed by atoms with E-state index in [9.17, 15) is 0 Å². The van der Waals surface area contributed by atoms with Crippen molar-refractivity contribution in [3.05, 3.63) is 29.7 Å². The minimum atomic E-state index is 0.613. The number of aromatic nitrogens is 2. The van der Waals surface area contributed by atoms with Crippen molar-refractivity contribution in [3.63, 3.8) is 0 Å². The lowest BCUT2D eigenvalue weighted by molar-refractivity contribution is 0.426. The summed E-state index contributed by atoms with van der Waals surface area (Å²) in [6.45, 7) is 2.56. The lowest BCUT2D eigenvalue weighted by Gasteiger charge is -1.97. The molecule has 4 heteroatoms. The fraction of sp³-hybridized carbons (Fsp3) is 0.364. The summed E-state index contributed by atoms with van der Waals surface area (Å²) in [5.74, 6) is 0.846. The zero-order chi connectivity index (χ0) is 10.8. The maximum atomic E-state index is 5.57. The molecule has 0 spiro atoms. The van der Waals surface area contributed by atoms with Crippen molar-refractivity contribution in [1.29, 1.82) is 0 Å². The summed E-state index contributed by atoms with van der Waals surface area (Å²) in [4.78, 5) is 0. The summed E-state index contributed by atoms with van der Waals surface area (Å²) in [5, 5.41) is 3.98. The number of hydrogen-bond donors (Lipinski definition) is 1. The second-order valence-electron chi connectivity index (χ2n) is 3.68. The maximum absolute atomic E-state index is 5.57. The molecular weight excluding hydrogens is 190 g/mol. The van der Waals surface area contributed by atoms with Crippen molar-refractivity contribution in [2.75, 3.05) is 6.54 Å². The van der Waals surface area contributed by atoms with Crippen LogP contribution in [0.4, 0.5) is 0 Å². The van der Waals surface area contributed by atoms with Gasteiger partial charge in [-0.3, -0.25) is 0 Å². The molecule has 2 aromatic heterocycles. The molecule has 0 atom stereocenters. The van der Waals surface area contributed by atoms with Crippen LogP contribution in [0.1, 0.15) is 11.3 Å². The van der Waals surface area contributed by atoms with E-state index in [0.29, 0.717) is 6.54 Å². The van der Waals surface area contributed by atoms with Crippen LogP contribution >= 0.6 is 0 Å². The lowest BCUT2D eigenvalue weighted by Crippen LogP contribution is -2.03. The first-order valence-corrected chi connectivity index (χ1v) is 5.00. The Hall–Kier alpha value is -1.55. The van der Waals surface area contributed by atoms with Gasteiger partial charge in [0, 0.05) is 30.6 Å². The van der Waals surface area contributed by atoms with Gasteiger partial charge in [0.15, 0.2) is 5.76 Å². The van der Waals surface area contributed by atoms with Crippen molar-refractivity contribution in [1.82, 2.24) is 9.72 Å². The molecular formula is C11H15N3O. The molecule has 0 bridgehead atoms. The first-order valence-electron chi connectivity index (χ1n) is 5.00. The minimum Gasteiger partial charge on any atom is -0.357 e. The van der Waals surface area contributed by atoms with Crippen LogP contribution in [0.5, 0.6) is 0 Å². The van der Waals surface area contributed by atoms with E-state index in [1.54, 1.807) is 0 Å². The van der Waals surface area contributed by atoms with Crippen molar-refractivity contribution >= 4 is 0 Å². The lowest BCUT2D eigenvalue weighted by atomic mass is 10.1. The molecule has 0 aliphatic carbocycles. The molecule has 2 aromatic rings. The van der Waals surface area contributed by atoms with Gasteiger partial charge < -0.3 is 14.8 Å². The van der Waals surface area contributed by atoms with Crippen molar-refractivity contribution in [2.45, 2.75) is 13.3 Å². The molecule has 2 rings (SSSR count). The largest absolute Gasteiger partial charge is 0.357 e. The zero-order valence-corrected chi connectivity index (χ0v) is 9.03. The summed E-state index contributed by atoms with van der Waals surface area (Å²) in [6.07, 6.45) is 4.80. The molecule has 0 aliphatic rings. The van der Waals surface area contributed by atoms with Gasteiger partial charge in [0.2, 0.25) is 0 Å². The average molecular weight is 205 g/mol. The molecule has 0 unspecified atom stereocenters. The molecule has 0 aliphatic heterocycles. The smallest absolute Gasteiger partial charge is 0.171 e. The van der Waals surface area contributed by atoms with E-state index >= 15 is 0 Å². The van der Waals surface area contributed by atoms with Crippen LogP contribution in [0, 0.1) is 6.92 Å². The Kier molecular flexibility index (Phi) is 2.60. The predicted octanol–water partition coefficient (Wildman–Crippen LogP) is 1.49. The highest BCUT2D eigenvalue weighted by molar-refractivity contribution is 5.61. The second-order valence-corrected chi connectivity index (χ2v) is 3.68. The Morgan fingerprint density at radius 1 is 1.53 bits per heavy atom. The standard InChI is InChI=1S/C11H15N3O/c1-8-10(3-5-12)11(15-13-8)9-4-6-14(2)7-9/h4,6-7H,3,5,12H2,1-2H3. The van der Waals surface area contributed by atoms with E-state index in [1.165, 1.54) is 0 Å². The fourth-order valence-corrected chi connectivity index (χ4v) is 1.69. The number of hydrogen-bond acceptors (Lipinski definition) is 3. The van der Waals surface area contributed by atoms with E-state index in [-0.39, 0.29) is 0 Å². The first-order chi connectivity index (χ1) is 7.22. The van der Waals surface area contributed by atoms with E-state index in [2.05, 4.69) is 5.16 Å². The molecule has 0 fully saturated rings. The third-order valence-electron chi connectivity index (χ3n) is 2.47.